The van der Waals surface area contributed by atoms with Crippen LogP contribution in [0.1, 0.15) is 32.6 Å². The van der Waals surface area contributed by atoms with Crippen molar-refractivity contribution < 1.29 is 14.3 Å². The maximum Gasteiger partial charge on any atom is 0.416 e. The molecule has 13 heavy (non-hydrogen) atoms. The SMILES string of the molecule is CCCCCC(=O)N1CCOC1=O. The first-order valence-corrected chi connectivity index (χ1v) is 4.73. The minimum absolute atomic E-state index is 0.101. The number of rotatable bonds is 4. The van der Waals surface area contributed by atoms with Crippen LogP contribution in [0.2, 0.25) is 0 Å². The summed E-state index contributed by atoms with van der Waals surface area (Å²) in [7, 11) is 0. The van der Waals surface area contributed by atoms with Crippen molar-refractivity contribution in [1.29, 1.82) is 0 Å². The van der Waals surface area contributed by atoms with Crippen molar-refractivity contribution in [3.05, 3.63) is 0 Å². The average molecular weight is 185 g/mol. The Labute approximate surface area is 77.8 Å². The zero-order valence-electron chi connectivity index (χ0n) is 7.91. The number of amides is 2. The molecule has 0 spiro atoms. The molecule has 0 radical (unpaired) electrons. The maximum atomic E-state index is 11.4. The molecule has 0 aromatic rings. The fourth-order valence-electron chi connectivity index (χ4n) is 1.28. The van der Waals surface area contributed by atoms with Crippen molar-refractivity contribution in [1.82, 2.24) is 4.90 Å². The monoisotopic (exact) mass is 185 g/mol. The van der Waals surface area contributed by atoms with E-state index in [0.717, 1.165) is 19.3 Å². The van der Waals surface area contributed by atoms with Crippen molar-refractivity contribution >= 4 is 12.0 Å². The molecule has 1 heterocycles. The van der Waals surface area contributed by atoms with Crippen molar-refractivity contribution in [3.8, 4) is 0 Å². The molecular formula is C9H15NO3. The van der Waals surface area contributed by atoms with Gasteiger partial charge in [-0.3, -0.25) is 4.79 Å². The highest BCUT2D eigenvalue weighted by molar-refractivity contribution is 5.92. The molecule has 1 rings (SSSR count). The van der Waals surface area contributed by atoms with Gasteiger partial charge in [-0.2, -0.15) is 0 Å². The quantitative estimate of drug-likeness (QED) is 0.624. The Kier molecular flexibility index (Phi) is 3.73. The molecule has 0 atom stereocenters. The molecule has 1 fully saturated rings. The highest BCUT2D eigenvalue weighted by Crippen LogP contribution is 2.08. The van der Waals surface area contributed by atoms with Crippen molar-refractivity contribution in [3.63, 3.8) is 0 Å². The minimum atomic E-state index is -0.485. The molecule has 1 aliphatic heterocycles. The molecule has 0 N–H and O–H groups in total. The molecule has 0 aromatic heterocycles. The second kappa shape index (κ2) is 4.84. The van der Waals surface area contributed by atoms with Gasteiger partial charge < -0.3 is 4.74 Å². The van der Waals surface area contributed by atoms with E-state index in [-0.39, 0.29) is 5.91 Å². The van der Waals surface area contributed by atoms with Crippen LogP contribution in [0.15, 0.2) is 0 Å². The van der Waals surface area contributed by atoms with E-state index in [2.05, 4.69) is 11.7 Å². The zero-order chi connectivity index (χ0) is 9.68. The molecule has 0 aromatic carbocycles. The van der Waals surface area contributed by atoms with Crippen LogP contribution in [0.5, 0.6) is 0 Å². The Morgan fingerprint density at radius 3 is 2.85 bits per heavy atom. The van der Waals surface area contributed by atoms with Crippen LogP contribution >= 0.6 is 0 Å². The molecule has 2 amide bonds. The molecule has 0 bridgehead atoms. The van der Waals surface area contributed by atoms with E-state index in [1.807, 2.05) is 0 Å². The zero-order valence-corrected chi connectivity index (χ0v) is 7.91. The van der Waals surface area contributed by atoms with Crippen molar-refractivity contribution in [2.75, 3.05) is 13.2 Å². The van der Waals surface area contributed by atoms with Crippen LogP contribution < -0.4 is 0 Å². The first-order valence-electron chi connectivity index (χ1n) is 4.73. The molecule has 74 valence electrons. The molecule has 1 saturated heterocycles. The Hall–Kier alpha value is -1.06. The van der Waals surface area contributed by atoms with Gasteiger partial charge in [0.05, 0.1) is 6.54 Å². The Bertz CT molecular complexity index is 203. The highest BCUT2D eigenvalue weighted by atomic mass is 16.6. The van der Waals surface area contributed by atoms with Crippen molar-refractivity contribution in [2.45, 2.75) is 32.6 Å². The summed E-state index contributed by atoms with van der Waals surface area (Å²) in [4.78, 5) is 23.5. The lowest BCUT2D eigenvalue weighted by Gasteiger charge is -2.09. The van der Waals surface area contributed by atoms with E-state index in [4.69, 9.17) is 0 Å². The molecule has 4 heteroatoms. The summed E-state index contributed by atoms with van der Waals surface area (Å²) in [5.41, 5.74) is 0. The van der Waals surface area contributed by atoms with Gasteiger partial charge in [0.15, 0.2) is 0 Å². The number of imide groups is 1. The summed E-state index contributed by atoms with van der Waals surface area (Å²) in [6, 6.07) is 0. The molecular weight excluding hydrogens is 170 g/mol. The Morgan fingerprint density at radius 2 is 2.31 bits per heavy atom. The molecule has 1 aliphatic rings. The van der Waals surface area contributed by atoms with E-state index in [9.17, 15) is 9.59 Å². The fraction of sp³-hybridized carbons (Fsp3) is 0.778. The predicted molar refractivity (Wildman–Crippen MR) is 47.2 cm³/mol. The van der Waals surface area contributed by atoms with E-state index in [1.165, 1.54) is 4.90 Å². The summed E-state index contributed by atoms with van der Waals surface area (Å²) >= 11 is 0. The van der Waals surface area contributed by atoms with Gasteiger partial charge in [0, 0.05) is 6.42 Å². The van der Waals surface area contributed by atoms with Gasteiger partial charge >= 0.3 is 6.09 Å². The van der Waals surface area contributed by atoms with Gasteiger partial charge in [0.1, 0.15) is 6.61 Å². The summed E-state index contributed by atoms with van der Waals surface area (Å²) in [6.45, 7) is 2.84. The Morgan fingerprint density at radius 1 is 1.54 bits per heavy atom. The topological polar surface area (TPSA) is 46.6 Å². The minimum Gasteiger partial charge on any atom is -0.447 e. The third-order valence-electron chi connectivity index (χ3n) is 2.06. The van der Waals surface area contributed by atoms with Crippen LogP contribution in [-0.2, 0) is 9.53 Å². The van der Waals surface area contributed by atoms with Gasteiger partial charge in [-0.15, -0.1) is 0 Å². The smallest absolute Gasteiger partial charge is 0.416 e. The number of carbonyl (C=O) groups excluding carboxylic acids is 2. The molecule has 0 saturated carbocycles. The second-order valence-electron chi connectivity index (χ2n) is 3.12. The van der Waals surface area contributed by atoms with Crippen LogP contribution in [0.4, 0.5) is 4.79 Å². The van der Waals surface area contributed by atoms with Crippen LogP contribution in [0.25, 0.3) is 0 Å². The number of cyclic esters (lactones) is 1. The molecule has 0 unspecified atom stereocenters. The average Bonchev–Trinajstić information content (AvgIpc) is 2.52. The maximum absolute atomic E-state index is 11.4. The van der Waals surface area contributed by atoms with Crippen molar-refractivity contribution in [2.24, 2.45) is 0 Å². The van der Waals surface area contributed by atoms with E-state index in [1.54, 1.807) is 0 Å². The van der Waals surface area contributed by atoms with Gasteiger partial charge in [0.2, 0.25) is 5.91 Å². The third kappa shape index (κ3) is 2.72. The second-order valence-corrected chi connectivity index (χ2v) is 3.12. The summed E-state index contributed by atoms with van der Waals surface area (Å²) in [5.74, 6) is -0.101. The summed E-state index contributed by atoms with van der Waals surface area (Å²) in [5, 5.41) is 0. The number of carbonyl (C=O) groups is 2. The normalized spacial score (nSPS) is 16.1. The number of hydrogen-bond acceptors (Lipinski definition) is 3. The van der Waals surface area contributed by atoms with Gasteiger partial charge in [-0.1, -0.05) is 19.8 Å². The van der Waals surface area contributed by atoms with E-state index < -0.39 is 6.09 Å². The largest absolute Gasteiger partial charge is 0.447 e. The first kappa shape index (κ1) is 10.0. The predicted octanol–water partition coefficient (Wildman–Crippen LogP) is 1.55. The van der Waals surface area contributed by atoms with Gasteiger partial charge in [-0.25, -0.2) is 9.69 Å². The van der Waals surface area contributed by atoms with E-state index in [0.29, 0.717) is 19.6 Å². The fourth-order valence-corrected chi connectivity index (χ4v) is 1.28. The van der Waals surface area contributed by atoms with E-state index >= 15 is 0 Å². The summed E-state index contributed by atoms with van der Waals surface area (Å²) in [6.07, 6.45) is 2.95. The third-order valence-corrected chi connectivity index (χ3v) is 2.06. The Balaban J connectivity index is 2.26. The molecule has 4 nitrogen and oxygen atoms in total. The lowest BCUT2D eigenvalue weighted by Crippen LogP contribution is -2.31. The highest BCUT2D eigenvalue weighted by Gasteiger charge is 2.27. The summed E-state index contributed by atoms with van der Waals surface area (Å²) < 4.78 is 4.66. The number of unbranched alkanes of at least 4 members (excludes halogenated alkanes) is 2. The number of hydrogen-bond donors (Lipinski definition) is 0. The number of ether oxygens (including phenoxy) is 1. The van der Waals surface area contributed by atoms with Gasteiger partial charge in [-0.05, 0) is 6.42 Å². The van der Waals surface area contributed by atoms with Crippen LogP contribution in [-0.4, -0.2) is 30.1 Å². The van der Waals surface area contributed by atoms with Crippen LogP contribution in [0.3, 0.4) is 0 Å². The first-order chi connectivity index (χ1) is 6.25. The lowest BCUT2D eigenvalue weighted by atomic mass is 10.2. The lowest BCUT2D eigenvalue weighted by molar-refractivity contribution is -0.127. The molecule has 0 aliphatic carbocycles. The standard InChI is InChI=1S/C9H15NO3/c1-2-3-4-5-8(11)10-6-7-13-9(10)12/h2-7H2,1H3. The van der Waals surface area contributed by atoms with Gasteiger partial charge in [0.25, 0.3) is 0 Å². The van der Waals surface area contributed by atoms with Crippen LogP contribution in [0, 0.1) is 0 Å². The number of nitrogens with zero attached hydrogens (tertiary/aromatic N) is 1.